The van der Waals surface area contributed by atoms with Gasteiger partial charge in [0, 0.05) is 5.55 Å². The Bertz CT molecular complexity index is 441. The lowest BCUT2D eigenvalue weighted by atomic mass is 10.3. The number of aliphatic imine (C=N–C) groups is 1. The Hall–Kier alpha value is -1.34. The molecule has 0 saturated heterocycles. The first-order valence-electron chi connectivity index (χ1n) is 4.44. The fourth-order valence-electron chi connectivity index (χ4n) is 1.20. The number of aliphatic carboxylic acids is 1. The van der Waals surface area contributed by atoms with E-state index < -0.39 is 14.4 Å². The van der Waals surface area contributed by atoms with Crippen molar-refractivity contribution in [3.63, 3.8) is 0 Å². The van der Waals surface area contributed by atoms with E-state index in [-0.39, 0.29) is 11.4 Å². The van der Waals surface area contributed by atoms with Gasteiger partial charge in [0.1, 0.15) is 12.8 Å². The van der Waals surface area contributed by atoms with Gasteiger partial charge in [0.05, 0.1) is 0 Å². The monoisotopic (exact) mass is 247 g/mol. The molecule has 3 N–H and O–H groups in total. The Kier molecular flexibility index (Phi) is 2.28. The number of hydrogen-bond donors (Lipinski definition) is 2. The second kappa shape index (κ2) is 2.86. The Morgan fingerprint density at radius 2 is 2.12 bits per heavy atom. The van der Waals surface area contributed by atoms with E-state index >= 15 is 0 Å². The summed E-state index contributed by atoms with van der Waals surface area (Å²) in [5.74, 6) is -1.19. The quantitative estimate of drug-likeness (QED) is 0.563. The summed E-state index contributed by atoms with van der Waals surface area (Å²) in [6, 6.07) is 0. The van der Waals surface area contributed by atoms with Gasteiger partial charge in [-0.25, -0.2) is 18.3 Å². The van der Waals surface area contributed by atoms with Crippen LogP contribution >= 0.6 is 8.48 Å². The highest BCUT2D eigenvalue weighted by molar-refractivity contribution is 8.72. The predicted molar refractivity (Wildman–Crippen MR) is 68.2 cm³/mol. The highest BCUT2D eigenvalue weighted by Gasteiger charge is 2.43. The largest absolute Gasteiger partial charge is 0.476 e. The minimum absolute atomic E-state index is 0.239. The Morgan fingerprint density at radius 1 is 1.56 bits per heavy atom. The zero-order chi connectivity index (χ0) is 12.7. The lowest BCUT2D eigenvalue weighted by Gasteiger charge is -2.61. The Morgan fingerprint density at radius 3 is 2.44 bits per heavy atom. The maximum Gasteiger partial charge on any atom is 0.360 e. The number of carbonyl (C=O) groups is 1. The fourth-order valence-corrected chi connectivity index (χ4v) is 2.92. The van der Waals surface area contributed by atoms with Crippen molar-refractivity contribution in [3.05, 3.63) is 11.1 Å². The van der Waals surface area contributed by atoms with Crippen LogP contribution < -0.4 is 5.14 Å². The molecule has 1 aliphatic rings. The summed E-state index contributed by atoms with van der Waals surface area (Å²) in [6.07, 6.45) is 5.59. The molecule has 1 aliphatic heterocycles. The highest BCUT2D eigenvalue weighted by atomic mass is 32.4. The van der Waals surface area contributed by atoms with E-state index in [1.165, 1.54) is 7.11 Å². The van der Waals surface area contributed by atoms with Gasteiger partial charge in [0.15, 0.2) is 0 Å². The van der Waals surface area contributed by atoms with Gasteiger partial charge >= 0.3 is 5.97 Å². The van der Waals surface area contributed by atoms with Crippen LogP contribution in [0.15, 0.2) is 21.3 Å². The van der Waals surface area contributed by atoms with E-state index in [4.69, 9.17) is 10.2 Å². The van der Waals surface area contributed by atoms with Gasteiger partial charge in [-0.3, -0.25) is 0 Å². The van der Waals surface area contributed by atoms with Crippen molar-refractivity contribution in [3.8, 4) is 0 Å². The third-order valence-electron chi connectivity index (χ3n) is 1.86. The molecule has 0 spiro atoms. The molecule has 0 amide bonds. The summed E-state index contributed by atoms with van der Waals surface area (Å²) < 4.78 is 0. The molecule has 0 saturated carbocycles. The minimum Gasteiger partial charge on any atom is -0.476 e. The lowest BCUT2D eigenvalue weighted by molar-refractivity contribution is -0.129. The van der Waals surface area contributed by atoms with Crippen LogP contribution in [-0.2, 0) is 9.63 Å². The van der Waals surface area contributed by atoms with Gasteiger partial charge in [0.25, 0.3) is 0 Å². The molecule has 1 heterocycles. The van der Waals surface area contributed by atoms with Crippen LogP contribution in [0.2, 0.25) is 0 Å². The van der Waals surface area contributed by atoms with Crippen molar-refractivity contribution in [2.75, 3.05) is 25.9 Å². The van der Waals surface area contributed by atoms with Crippen LogP contribution in [0.4, 0.5) is 0 Å². The summed E-state index contributed by atoms with van der Waals surface area (Å²) in [4.78, 5) is 19.5. The third-order valence-corrected chi connectivity index (χ3v) is 4.04. The van der Waals surface area contributed by atoms with Crippen molar-refractivity contribution in [1.82, 2.24) is 0 Å². The maximum absolute atomic E-state index is 10.9. The fraction of sp³-hybridized carbons (Fsp3) is 0.444. The number of rotatable bonds is 3. The molecule has 1 rings (SSSR count). The zero-order valence-corrected chi connectivity index (χ0v) is 10.6. The molecule has 0 aromatic rings. The molecular weight excluding hydrogens is 230 g/mol. The average Bonchev–Trinajstić information content (AvgIpc) is 2.32. The van der Waals surface area contributed by atoms with Gasteiger partial charge < -0.3 is 15.1 Å². The lowest BCUT2D eigenvalue weighted by Crippen LogP contribution is -2.39. The normalized spacial score (nSPS) is 29.3. The molecule has 7 heteroatoms. The topological polar surface area (TPSA) is 97.3 Å². The number of carboxylic acid groups (broad SMARTS) is 1. The second-order valence-corrected chi connectivity index (χ2v) is 13.4. The predicted octanol–water partition coefficient (Wildman–Crippen LogP) is 0.596. The first-order chi connectivity index (χ1) is 6.96. The smallest absolute Gasteiger partial charge is 0.360 e. The molecule has 0 bridgehead atoms. The zero-order valence-electron chi connectivity index (χ0n) is 9.80. The van der Waals surface area contributed by atoms with Crippen LogP contribution in [-0.4, -0.2) is 48.2 Å². The SMILES string of the molecule is CO/N=C(\C(=O)O)C1=CS(C)(C)(C)(N)C=N1. The van der Waals surface area contributed by atoms with Crippen molar-refractivity contribution in [2.45, 2.75) is 0 Å². The summed E-state index contributed by atoms with van der Waals surface area (Å²) in [5, 5.41) is 20.3. The third kappa shape index (κ3) is 2.83. The van der Waals surface area contributed by atoms with Gasteiger partial charge in [0.2, 0.25) is 5.71 Å². The standard InChI is InChI=1S/C9H17N3O3S/c1-15-12-8(9(13)14)7-5-16(2,3,4,10)6-11-7/h5-6H,10H2,1-4H3,(H,13,14)/b12-8-. The van der Waals surface area contributed by atoms with Gasteiger partial charge in [-0.05, 0) is 24.2 Å². The molecular formula is C9H17N3O3S. The molecule has 0 aromatic heterocycles. The number of carboxylic acids is 1. The molecule has 0 unspecified atom stereocenters. The summed E-state index contributed by atoms with van der Waals surface area (Å²) in [5.41, 5.74) is 1.62. The van der Waals surface area contributed by atoms with Gasteiger partial charge in [-0.15, -0.1) is 0 Å². The van der Waals surface area contributed by atoms with E-state index in [9.17, 15) is 4.79 Å². The molecule has 92 valence electrons. The molecule has 0 fully saturated rings. The second-order valence-electron chi connectivity index (χ2n) is 5.42. The van der Waals surface area contributed by atoms with Gasteiger partial charge in [-0.1, -0.05) is 5.16 Å². The molecule has 0 aromatic carbocycles. The summed E-state index contributed by atoms with van der Waals surface area (Å²) >= 11 is 0. The van der Waals surface area contributed by atoms with Gasteiger partial charge in [-0.2, -0.15) is 0 Å². The first kappa shape index (κ1) is 12.7. The van der Waals surface area contributed by atoms with E-state index in [2.05, 4.69) is 15.0 Å². The Balaban J connectivity index is 3.28. The number of oxime groups is 1. The van der Waals surface area contributed by atoms with Crippen LogP contribution in [0.3, 0.4) is 0 Å². The molecule has 0 atom stereocenters. The van der Waals surface area contributed by atoms with E-state index in [0.29, 0.717) is 0 Å². The van der Waals surface area contributed by atoms with Crippen LogP contribution in [0.1, 0.15) is 0 Å². The summed E-state index contributed by atoms with van der Waals surface area (Å²) in [6.45, 7) is 0. The van der Waals surface area contributed by atoms with Crippen LogP contribution in [0.5, 0.6) is 0 Å². The number of nitrogens with zero attached hydrogens (tertiary/aromatic N) is 2. The number of nitrogens with two attached hydrogens (primary N) is 1. The maximum atomic E-state index is 10.9. The molecule has 0 aliphatic carbocycles. The summed E-state index contributed by atoms with van der Waals surface area (Å²) in [7, 11) is -1.71. The molecule has 0 radical (unpaired) electrons. The minimum atomic E-state index is -2.99. The molecule has 6 nitrogen and oxygen atoms in total. The van der Waals surface area contributed by atoms with Crippen molar-refractivity contribution in [2.24, 2.45) is 15.3 Å². The first-order valence-corrected chi connectivity index (χ1v) is 8.31. The van der Waals surface area contributed by atoms with E-state index in [1.807, 2.05) is 18.8 Å². The van der Waals surface area contributed by atoms with E-state index in [0.717, 1.165) is 0 Å². The Labute approximate surface area is 93.2 Å². The number of hydrogen-bond acceptors (Lipinski definition) is 5. The van der Waals surface area contributed by atoms with Crippen LogP contribution in [0, 0.1) is 0 Å². The van der Waals surface area contributed by atoms with E-state index in [1.54, 1.807) is 11.0 Å². The van der Waals surface area contributed by atoms with Crippen molar-refractivity contribution in [1.29, 1.82) is 0 Å². The van der Waals surface area contributed by atoms with Crippen LogP contribution in [0.25, 0.3) is 0 Å². The highest BCUT2D eigenvalue weighted by Crippen LogP contribution is 2.76. The molecule has 16 heavy (non-hydrogen) atoms. The van der Waals surface area contributed by atoms with Crippen molar-refractivity contribution < 1.29 is 14.7 Å². The van der Waals surface area contributed by atoms with Crippen molar-refractivity contribution >= 4 is 25.7 Å². The average molecular weight is 247 g/mol.